The third-order valence-electron chi connectivity index (χ3n) is 4.68. The summed E-state index contributed by atoms with van der Waals surface area (Å²) in [5.74, 6) is -0.963. The lowest BCUT2D eigenvalue weighted by Crippen LogP contribution is -2.39. The number of halogens is 1. The fourth-order valence-corrected chi connectivity index (χ4v) is 4.41. The lowest BCUT2D eigenvalue weighted by Gasteiger charge is -2.23. The van der Waals surface area contributed by atoms with Gasteiger partial charge in [-0.05, 0) is 60.2 Å². The van der Waals surface area contributed by atoms with Gasteiger partial charge < -0.3 is 14.2 Å². The largest absolute Gasteiger partial charge is 0.513 e. The van der Waals surface area contributed by atoms with Crippen molar-refractivity contribution in [3.63, 3.8) is 0 Å². The zero-order valence-electron chi connectivity index (χ0n) is 19.3. The van der Waals surface area contributed by atoms with Crippen LogP contribution >= 0.6 is 0 Å². The maximum atomic E-state index is 13.4. The van der Waals surface area contributed by atoms with E-state index in [1.165, 1.54) is 56.8 Å². The van der Waals surface area contributed by atoms with Crippen molar-refractivity contribution in [2.24, 2.45) is 5.10 Å². The van der Waals surface area contributed by atoms with Gasteiger partial charge in [0, 0.05) is 0 Å². The van der Waals surface area contributed by atoms with Crippen molar-refractivity contribution in [1.29, 1.82) is 0 Å². The molecular formula is C24H22FN3O7S. The maximum absolute atomic E-state index is 13.4. The highest BCUT2D eigenvalue weighted by atomic mass is 32.2. The molecule has 12 heteroatoms. The Bertz CT molecular complexity index is 1350. The molecule has 3 rings (SSSR count). The summed E-state index contributed by atoms with van der Waals surface area (Å²) >= 11 is 0. The molecule has 0 aromatic heterocycles. The van der Waals surface area contributed by atoms with Crippen LogP contribution in [0, 0.1) is 5.82 Å². The number of methoxy groups -OCH3 is 2. The van der Waals surface area contributed by atoms with E-state index in [1.54, 1.807) is 24.3 Å². The van der Waals surface area contributed by atoms with Gasteiger partial charge in [-0.3, -0.25) is 9.10 Å². The van der Waals surface area contributed by atoms with E-state index in [9.17, 15) is 22.4 Å². The average Bonchev–Trinajstić information content (AvgIpc) is 2.89. The van der Waals surface area contributed by atoms with Crippen LogP contribution in [0.3, 0.4) is 0 Å². The highest BCUT2D eigenvalue weighted by Crippen LogP contribution is 2.28. The standard InChI is InChI=1S/C24H22FN3O7S/c1-33-22-14-17(8-13-21(22)35-24(30)34-2)15-26-27-23(29)16-28(19-11-9-18(25)10-12-19)36(31,32)20-6-4-3-5-7-20/h3-15H,16H2,1-2H3,(H,27,29)/b26-15+. The van der Waals surface area contributed by atoms with Gasteiger partial charge in [-0.25, -0.2) is 23.0 Å². The Hall–Kier alpha value is -4.45. The molecule has 1 amide bonds. The molecule has 3 aromatic rings. The van der Waals surface area contributed by atoms with Gasteiger partial charge in [0.05, 0.1) is 31.0 Å². The Labute approximate surface area is 207 Å². The van der Waals surface area contributed by atoms with Gasteiger partial charge >= 0.3 is 6.16 Å². The minimum absolute atomic E-state index is 0.0352. The van der Waals surface area contributed by atoms with Crippen LogP contribution in [-0.2, 0) is 19.6 Å². The zero-order chi connectivity index (χ0) is 26.1. The van der Waals surface area contributed by atoms with Crippen LogP contribution in [-0.4, -0.2) is 47.5 Å². The minimum atomic E-state index is -4.14. The molecule has 0 atom stereocenters. The number of carbonyl (C=O) groups excluding carboxylic acids is 2. The first-order chi connectivity index (χ1) is 17.2. The van der Waals surface area contributed by atoms with E-state index in [2.05, 4.69) is 15.3 Å². The van der Waals surface area contributed by atoms with E-state index >= 15 is 0 Å². The van der Waals surface area contributed by atoms with Crippen LogP contribution < -0.4 is 19.2 Å². The molecule has 0 saturated carbocycles. The molecule has 1 N–H and O–H groups in total. The number of ether oxygens (including phenoxy) is 3. The Morgan fingerprint density at radius 1 is 1.00 bits per heavy atom. The normalized spacial score (nSPS) is 11.1. The van der Waals surface area contributed by atoms with Crippen molar-refractivity contribution in [3.8, 4) is 11.5 Å². The van der Waals surface area contributed by atoms with Crippen molar-refractivity contribution < 1.29 is 36.6 Å². The summed E-state index contributed by atoms with van der Waals surface area (Å²) in [7, 11) is -1.59. The van der Waals surface area contributed by atoms with Crippen LogP contribution in [0.15, 0.2) is 82.8 Å². The number of carbonyl (C=O) groups is 2. The number of sulfonamides is 1. The molecule has 36 heavy (non-hydrogen) atoms. The number of benzene rings is 3. The SMILES string of the molecule is COC(=O)Oc1ccc(/C=N/NC(=O)CN(c2ccc(F)cc2)S(=O)(=O)c2ccccc2)cc1OC. The van der Waals surface area contributed by atoms with Crippen LogP contribution in [0.5, 0.6) is 11.5 Å². The molecule has 0 aliphatic carbocycles. The highest BCUT2D eigenvalue weighted by molar-refractivity contribution is 7.92. The first-order valence-electron chi connectivity index (χ1n) is 10.3. The summed E-state index contributed by atoms with van der Waals surface area (Å²) in [5.41, 5.74) is 2.85. The Kier molecular flexibility index (Phi) is 8.57. The topological polar surface area (TPSA) is 124 Å². The van der Waals surface area contributed by atoms with Crippen LogP contribution in [0.4, 0.5) is 14.9 Å². The minimum Gasteiger partial charge on any atom is -0.493 e. The fraction of sp³-hybridized carbons (Fsp3) is 0.125. The van der Waals surface area contributed by atoms with Crippen LogP contribution in [0.25, 0.3) is 0 Å². The molecule has 3 aromatic carbocycles. The molecular weight excluding hydrogens is 493 g/mol. The number of hydrogen-bond donors (Lipinski definition) is 1. The molecule has 188 valence electrons. The van der Waals surface area contributed by atoms with E-state index in [0.29, 0.717) is 5.56 Å². The van der Waals surface area contributed by atoms with Crippen molar-refractivity contribution >= 4 is 34.0 Å². The molecule has 0 fully saturated rings. The maximum Gasteiger partial charge on any atom is 0.513 e. The number of rotatable bonds is 9. The molecule has 0 radical (unpaired) electrons. The predicted octanol–water partition coefficient (Wildman–Crippen LogP) is 3.33. The van der Waals surface area contributed by atoms with E-state index in [0.717, 1.165) is 16.4 Å². The molecule has 0 heterocycles. The van der Waals surface area contributed by atoms with Gasteiger partial charge in [-0.2, -0.15) is 5.10 Å². The molecule has 0 bridgehead atoms. The number of nitrogens with zero attached hydrogens (tertiary/aromatic N) is 2. The summed E-state index contributed by atoms with van der Waals surface area (Å²) in [5, 5.41) is 3.85. The van der Waals surface area contributed by atoms with Crippen LogP contribution in [0.2, 0.25) is 0 Å². The average molecular weight is 516 g/mol. The van der Waals surface area contributed by atoms with Crippen molar-refractivity contribution in [1.82, 2.24) is 5.43 Å². The Morgan fingerprint density at radius 2 is 1.69 bits per heavy atom. The summed E-state index contributed by atoms with van der Waals surface area (Å²) in [6.07, 6.45) is 0.370. The molecule has 0 aliphatic heterocycles. The number of hydrazone groups is 1. The van der Waals surface area contributed by atoms with Crippen molar-refractivity contribution in [2.45, 2.75) is 4.90 Å². The van der Waals surface area contributed by atoms with Gasteiger partial charge in [-0.1, -0.05) is 18.2 Å². The lowest BCUT2D eigenvalue weighted by molar-refractivity contribution is -0.119. The third kappa shape index (κ3) is 6.57. The predicted molar refractivity (Wildman–Crippen MR) is 129 cm³/mol. The van der Waals surface area contributed by atoms with E-state index in [-0.39, 0.29) is 22.1 Å². The summed E-state index contributed by atoms with van der Waals surface area (Å²) in [6, 6.07) is 16.7. The number of hydrogen-bond acceptors (Lipinski definition) is 8. The highest BCUT2D eigenvalue weighted by Gasteiger charge is 2.27. The molecule has 10 nitrogen and oxygen atoms in total. The Morgan fingerprint density at radius 3 is 2.33 bits per heavy atom. The van der Waals surface area contributed by atoms with Gasteiger partial charge in [0.1, 0.15) is 12.4 Å². The third-order valence-corrected chi connectivity index (χ3v) is 6.47. The monoisotopic (exact) mass is 515 g/mol. The second kappa shape index (κ2) is 11.8. The summed E-state index contributed by atoms with van der Waals surface area (Å²) in [6.45, 7) is -0.616. The summed E-state index contributed by atoms with van der Waals surface area (Å²) in [4.78, 5) is 23.9. The Balaban J connectivity index is 1.76. The molecule has 0 saturated heterocycles. The van der Waals surface area contributed by atoms with Gasteiger partial charge in [-0.15, -0.1) is 0 Å². The number of amides is 1. The quantitative estimate of drug-likeness (QED) is 0.201. The summed E-state index contributed by atoms with van der Waals surface area (Å²) < 4.78 is 55.2. The second-order valence-electron chi connectivity index (χ2n) is 7.06. The van der Waals surface area contributed by atoms with Gasteiger partial charge in [0.25, 0.3) is 15.9 Å². The second-order valence-corrected chi connectivity index (χ2v) is 8.92. The smallest absolute Gasteiger partial charge is 0.493 e. The zero-order valence-corrected chi connectivity index (χ0v) is 20.1. The molecule has 0 unspecified atom stereocenters. The molecule has 0 aliphatic rings. The first-order valence-corrected chi connectivity index (χ1v) is 11.8. The van der Waals surface area contributed by atoms with E-state index < -0.39 is 34.4 Å². The van der Waals surface area contributed by atoms with E-state index in [1.807, 2.05) is 0 Å². The lowest BCUT2D eigenvalue weighted by atomic mass is 10.2. The van der Waals surface area contributed by atoms with Crippen molar-refractivity contribution in [3.05, 3.63) is 84.2 Å². The molecule has 0 spiro atoms. The number of anilines is 1. The van der Waals surface area contributed by atoms with Gasteiger partial charge in [0.15, 0.2) is 11.5 Å². The van der Waals surface area contributed by atoms with Gasteiger partial charge in [0.2, 0.25) is 0 Å². The van der Waals surface area contributed by atoms with Crippen molar-refractivity contribution in [2.75, 3.05) is 25.1 Å². The number of nitrogens with one attached hydrogen (secondary N) is 1. The first kappa shape index (κ1) is 26.2. The van der Waals surface area contributed by atoms with E-state index in [4.69, 9.17) is 9.47 Å². The van der Waals surface area contributed by atoms with Crippen LogP contribution in [0.1, 0.15) is 5.56 Å². The fourth-order valence-electron chi connectivity index (χ4n) is 2.97.